The number of hydrogen-bond acceptors (Lipinski definition) is 3. The van der Waals surface area contributed by atoms with Crippen molar-refractivity contribution in [1.82, 2.24) is 4.90 Å². The van der Waals surface area contributed by atoms with Gasteiger partial charge in [0.25, 0.3) is 0 Å². The van der Waals surface area contributed by atoms with Gasteiger partial charge in [-0.15, -0.1) is 0 Å². The van der Waals surface area contributed by atoms with E-state index in [2.05, 4.69) is 45.1 Å². The van der Waals surface area contributed by atoms with Crippen molar-refractivity contribution < 1.29 is 9.84 Å². The zero-order valence-corrected chi connectivity index (χ0v) is 22.0. The molecule has 4 aromatic rings. The van der Waals surface area contributed by atoms with Crippen LogP contribution in [0, 0.1) is 0 Å². The molecule has 0 aromatic heterocycles. The molecule has 0 heterocycles. The minimum absolute atomic E-state index is 0.384. The van der Waals surface area contributed by atoms with Gasteiger partial charge in [-0.3, -0.25) is 0 Å². The number of benzene rings is 4. The van der Waals surface area contributed by atoms with Gasteiger partial charge in [0.15, 0.2) is 0 Å². The maximum atomic E-state index is 12.6. The average Bonchev–Trinajstić information content (AvgIpc) is 2.84. The van der Waals surface area contributed by atoms with Crippen LogP contribution in [0.15, 0.2) is 89.4 Å². The molecule has 4 aromatic carbocycles. The van der Waals surface area contributed by atoms with Crippen LogP contribution in [0.1, 0.15) is 29.0 Å². The lowest BCUT2D eigenvalue weighted by Crippen LogP contribution is -2.37. The van der Waals surface area contributed by atoms with Gasteiger partial charge in [0.2, 0.25) is 0 Å². The maximum Gasteiger partial charge on any atom is 0.123 e. The highest BCUT2D eigenvalue weighted by atomic mass is 79.9. The van der Waals surface area contributed by atoms with Gasteiger partial charge in [-0.1, -0.05) is 76.1 Å². The van der Waals surface area contributed by atoms with Crippen LogP contribution in [-0.4, -0.2) is 37.8 Å². The van der Waals surface area contributed by atoms with E-state index < -0.39 is 5.60 Å². The van der Waals surface area contributed by atoms with E-state index in [1.54, 1.807) is 7.11 Å². The number of methoxy groups -OCH3 is 1. The number of hydrogen-bond donors (Lipinski definition) is 1. The summed E-state index contributed by atoms with van der Waals surface area (Å²) < 4.78 is 6.91. The fraction of sp³-hybridized carbons (Fsp3) is 0.241. The maximum absolute atomic E-state index is 12.6. The predicted molar refractivity (Wildman–Crippen MR) is 145 cm³/mol. The summed E-state index contributed by atoms with van der Waals surface area (Å²) in [6.45, 7) is 0.719. The van der Waals surface area contributed by atoms with E-state index >= 15 is 0 Å². The SMILES string of the molecule is COc1cc2ccc(Br)cc2cc1[C@@H](c1ccc(Cl)cc1)[C@](O)(CCN(C)C)c1ccccc1. The van der Waals surface area contributed by atoms with Crippen LogP contribution < -0.4 is 4.74 Å². The summed E-state index contributed by atoms with van der Waals surface area (Å²) in [4.78, 5) is 2.10. The van der Waals surface area contributed by atoms with E-state index in [0.717, 1.165) is 44.2 Å². The highest BCUT2D eigenvalue weighted by molar-refractivity contribution is 9.10. The first-order valence-electron chi connectivity index (χ1n) is 11.3. The molecule has 5 heteroatoms. The zero-order valence-electron chi connectivity index (χ0n) is 19.6. The summed E-state index contributed by atoms with van der Waals surface area (Å²) in [7, 11) is 5.73. The molecule has 0 aliphatic heterocycles. The monoisotopic (exact) mass is 537 g/mol. The van der Waals surface area contributed by atoms with E-state index in [-0.39, 0.29) is 5.92 Å². The molecular weight excluding hydrogens is 510 g/mol. The van der Waals surface area contributed by atoms with E-state index in [9.17, 15) is 5.11 Å². The number of aliphatic hydroxyl groups is 1. The van der Waals surface area contributed by atoms with Crippen LogP contribution in [0.5, 0.6) is 5.75 Å². The lowest BCUT2D eigenvalue weighted by molar-refractivity contribution is 0.00394. The summed E-state index contributed by atoms with van der Waals surface area (Å²) in [5, 5.41) is 15.4. The first-order valence-corrected chi connectivity index (χ1v) is 12.4. The molecule has 0 saturated carbocycles. The lowest BCUT2D eigenvalue weighted by atomic mass is 9.71. The van der Waals surface area contributed by atoms with Crippen molar-refractivity contribution in [3.63, 3.8) is 0 Å². The Kier molecular flexibility index (Phi) is 7.63. The lowest BCUT2D eigenvalue weighted by Gasteiger charge is -2.39. The summed E-state index contributed by atoms with van der Waals surface area (Å²) in [5.41, 5.74) is 1.59. The first kappa shape index (κ1) is 24.7. The van der Waals surface area contributed by atoms with Crippen molar-refractivity contribution in [3.05, 3.63) is 111 Å². The number of nitrogens with zero attached hydrogens (tertiary/aromatic N) is 1. The van der Waals surface area contributed by atoms with Gasteiger partial charge in [0, 0.05) is 27.5 Å². The molecule has 0 aliphatic carbocycles. The van der Waals surface area contributed by atoms with Gasteiger partial charge >= 0.3 is 0 Å². The molecule has 3 nitrogen and oxygen atoms in total. The summed E-state index contributed by atoms with van der Waals surface area (Å²) in [6, 6.07) is 28.1. The third-order valence-corrected chi connectivity index (χ3v) is 7.10. The molecule has 0 spiro atoms. The molecule has 0 saturated heterocycles. The number of ether oxygens (including phenoxy) is 1. The van der Waals surface area contributed by atoms with Gasteiger partial charge < -0.3 is 14.7 Å². The molecule has 34 heavy (non-hydrogen) atoms. The summed E-state index contributed by atoms with van der Waals surface area (Å²) in [6.07, 6.45) is 0.539. The Bertz CT molecular complexity index is 1260. The Balaban J connectivity index is 2.01. The fourth-order valence-corrected chi connectivity index (χ4v) is 5.12. The van der Waals surface area contributed by atoms with Crippen molar-refractivity contribution in [2.24, 2.45) is 0 Å². The smallest absolute Gasteiger partial charge is 0.123 e. The van der Waals surface area contributed by atoms with Gasteiger partial charge in [0.1, 0.15) is 11.4 Å². The highest BCUT2D eigenvalue weighted by Crippen LogP contribution is 2.48. The summed E-state index contributed by atoms with van der Waals surface area (Å²) >= 11 is 9.85. The molecule has 1 N–H and O–H groups in total. The minimum Gasteiger partial charge on any atom is -0.496 e. The number of rotatable bonds is 8. The van der Waals surface area contributed by atoms with Gasteiger partial charge in [0.05, 0.1) is 7.11 Å². The highest BCUT2D eigenvalue weighted by Gasteiger charge is 2.41. The predicted octanol–water partition coefficient (Wildman–Crippen LogP) is 7.24. The molecule has 4 rings (SSSR count). The van der Waals surface area contributed by atoms with Gasteiger partial charge in [-0.25, -0.2) is 0 Å². The molecule has 0 bridgehead atoms. The van der Waals surface area contributed by atoms with E-state index in [1.807, 2.05) is 74.8 Å². The van der Waals surface area contributed by atoms with Crippen molar-refractivity contribution >= 4 is 38.3 Å². The van der Waals surface area contributed by atoms with Gasteiger partial charge in [-0.2, -0.15) is 0 Å². The van der Waals surface area contributed by atoms with Crippen molar-refractivity contribution in [2.45, 2.75) is 17.9 Å². The topological polar surface area (TPSA) is 32.7 Å². The molecule has 0 fully saturated rings. The van der Waals surface area contributed by atoms with Crippen LogP contribution in [0.3, 0.4) is 0 Å². The second-order valence-electron chi connectivity index (χ2n) is 8.91. The average molecular weight is 539 g/mol. The standard InChI is InChI=1S/C29H29BrClNO2/c1-32(2)16-15-29(33,23-7-5-4-6-8-23)28(20-10-13-25(31)14-11-20)26-18-22-17-24(30)12-9-21(22)19-27(26)34-3/h4-14,17-19,28,33H,15-16H2,1-3H3/t28-,29+/m1/s1. The van der Waals surface area contributed by atoms with E-state index in [4.69, 9.17) is 16.3 Å². The van der Waals surface area contributed by atoms with Gasteiger partial charge in [-0.05, 0) is 78.8 Å². The normalized spacial score (nSPS) is 14.2. The van der Waals surface area contributed by atoms with Crippen molar-refractivity contribution in [2.75, 3.05) is 27.7 Å². The number of halogens is 2. The molecular formula is C29H29BrClNO2. The molecule has 0 unspecified atom stereocenters. The van der Waals surface area contributed by atoms with Crippen LogP contribution in [0.25, 0.3) is 10.8 Å². The molecule has 0 radical (unpaired) electrons. The largest absolute Gasteiger partial charge is 0.496 e. The van der Waals surface area contributed by atoms with Crippen LogP contribution in [0.4, 0.5) is 0 Å². The van der Waals surface area contributed by atoms with Crippen LogP contribution in [-0.2, 0) is 5.60 Å². The molecule has 0 amide bonds. The third-order valence-electron chi connectivity index (χ3n) is 6.36. The quantitative estimate of drug-likeness (QED) is 0.257. The fourth-order valence-electron chi connectivity index (χ4n) is 4.61. The second-order valence-corrected chi connectivity index (χ2v) is 10.3. The van der Waals surface area contributed by atoms with E-state index in [1.165, 1.54) is 0 Å². The minimum atomic E-state index is -1.19. The Morgan fingerprint density at radius 3 is 2.29 bits per heavy atom. The van der Waals surface area contributed by atoms with E-state index in [0.29, 0.717) is 11.4 Å². The van der Waals surface area contributed by atoms with Crippen LogP contribution >= 0.6 is 27.5 Å². The second kappa shape index (κ2) is 10.5. The Labute approximate surface area is 215 Å². The van der Waals surface area contributed by atoms with Crippen LogP contribution in [0.2, 0.25) is 5.02 Å². The Morgan fingerprint density at radius 2 is 1.65 bits per heavy atom. The van der Waals surface area contributed by atoms with Crippen molar-refractivity contribution in [3.8, 4) is 5.75 Å². The molecule has 176 valence electrons. The first-order chi connectivity index (χ1) is 16.3. The summed E-state index contributed by atoms with van der Waals surface area (Å²) in [5.74, 6) is 0.361. The molecule has 2 atom stereocenters. The van der Waals surface area contributed by atoms with Crippen molar-refractivity contribution in [1.29, 1.82) is 0 Å². The Hall–Kier alpha value is -2.37. The number of fused-ring (bicyclic) bond motifs is 1. The zero-order chi connectivity index (χ0) is 24.3. The third kappa shape index (κ3) is 5.16. The molecule has 0 aliphatic rings. The Morgan fingerprint density at radius 1 is 0.941 bits per heavy atom.